The summed E-state index contributed by atoms with van der Waals surface area (Å²) in [6.07, 6.45) is -0.0726. The van der Waals surface area contributed by atoms with Crippen LogP contribution in [0.3, 0.4) is 0 Å². The number of para-hydroxylation sites is 1. The summed E-state index contributed by atoms with van der Waals surface area (Å²) in [5, 5.41) is 2.68. The molecule has 1 amide bonds. The average molecular weight is 222 g/mol. The van der Waals surface area contributed by atoms with Gasteiger partial charge in [0.25, 0.3) is 0 Å². The highest BCUT2D eigenvalue weighted by Gasteiger charge is 2.06. The minimum atomic E-state index is -0.166. The SMILES string of the molecule is Cc1ccccc1OC(C)CNC(=O)CN. The van der Waals surface area contributed by atoms with E-state index in [0.717, 1.165) is 11.3 Å². The fourth-order valence-electron chi connectivity index (χ4n) is 1.28. The number of hydrogen-bond acceptors (Lipinski definition) is 3. The summed E-state index contributed by atoms with van der Waals surface area (Å²) < 4.78 is 5.68. The van der Waals surface area contributed by atoms with Crippen LogP contribution >= 0.6 is 0 Å². The predicted molar refractivity (Wildman–Crippen MR) is 63.3 cm³/mol. The molecule has 0 aliphatic heterocycles. The molecule has 4 nitrogen and oxygen atoms in total. The third-order valence-electron chi connectivity index (χ3n) is 2.19. The molecule has 1 atom stereocenters. The van der Waals surface area contributed by atoms with E-state index in [1.54, 1.807) is 0 Å². The fourth-order valence-corrected chi connectivity index (χ4v) is 1.28. The van der Waals surface area contributed by atoms with Gasteiger partial charge in [-0.25, -0.2) is 0 Å². The van der Waals surface area contributed by atoms with Crippen LogP contribution in [0.1, 0.15) is 12.5 Å². The van der Waals surface area contributed by atoms with Gasteiger partial charge in [-0.05, 0) is 25.5 Å². The van der Waals surface area contributed by atoms with E-state index in [0.29, 0.717) is 6.54 Å². The van der Waals surface area contributed by atoms with Gasteiger partial charge in [0.15, 0.2) is 0 Å². The van der Waals surface area contributed by atoms with Crippen molar-refractivity contribution in [1.29, 1.82) is 0 Å². The van der Waals surface area contributed by atoms with Crippen molar-refractivity contribution in [3.63, 3.8) is 0 Å². The van der Waals surface area contributed by atoms with Gasteiger partial charge < -0.3 is 15.8 Å². The Bertz CT molecular complexity index is 353. The number of hydrogen-bond donors (Lipinski definition) is 2. The molecule has 0 saturated carbocycles. The first kappa shape index (κ1) is 12.5. The van der Waals surface area contributed by atoms with Gasteiger partial charge in [0, 0.05) is 0 Å². The first-order valence-corrected chi connectivity index (χ1v) is 5.32. The van der Waals surface area contributed by atoms with E-state index in [9.17, 15) is 4.79 Å². The maximum absolute atomic E-state index is 10.9. The summed E-state index contributed by atoms with van der Waals surface area (Å²) in [4.78, 5) is 10.9. The summed E-state index contributed by atoms with van der Waals surface area (Å²) >= 11 is 0. The number of ether oxygens (including phenoxy) is 1. The second-order valence-electron chi connectivity index (χ2n) is 3.70. The highest BCUT2D eigenvalue weighted by molar-refractivity contribution is 5.77. The standard InChI is InChI=1S/C12H18N2O2/c1-9-5-3-4-6-11(9)16-10(2)8-14-12(15)7-13/h3-6,10H,7-8,13H2,1-2H3,(H,14,15). The maximum atomic E-state index is 10.9. The molecule has 1 rings (SSSR count). The van der Waals surface area contributed by atoms with Crippen molar-refractivity contribution in [2.24, 2.45) is 5.73 Å². The predicted octanol–water partition coefficient (Wildman–Crippen LogP) is 0.837. The molecule has 3 N–H and O–H groups in total. The summed E-state index contributed by atoms with van der Waals surface area (Å²) in [6.45, 7) is 4.37. The van der Waals surface area contributed by atoms with Gasteiger partial charge in [0.05, 0.1) is 13.1 Å². The molecule has 1 unspecified atom stereocenters. The summed E-state index contributed by atoms with van der Waals surface area (Å²) in [6, 6.07) is 7.79. The molecule has 4 heteroatoms. The van der Waals surface area contributed by atoms with Crippen LogP contribution in [-0.4, -0.2) is 25.1 Å². The Labute approximate surface area is 95.8 Å². The summed E-state index contributed by atoms with van der Waals surface area (Å²) in [5.74, 6) is 0.678. The van der Waals surface area contributed by atoms with E-state index in [2.05, 4.69) is 5.32 Å². The number of carbonyl (C=O) groups is 1. The Morgan fingerprint density at radius 2 is 2.19 bits per heavy atom. The highest BCUT2D eigenvalue weighted by Crippen LogP contribution is 2.17. The van der Waals surface area contributed by atoms with E-state index < -0.39 is 0 Å². The molecular formula is C12H18N2O2. The van der Waals surface area contributed by atoms with Gasteiger partial charge >= 0.3 is 0 Å². The summed E-state index contributed by atoms with van der Waals surface area (Å²) in [7, 11) is 0. The lowest BCUT2D eigenvalue weighted by Gasteiger charge is -2.16. The number of rotatable bonds is 5. The lowest BCUT2D eigenvalue weighted by molar-refractivity contribution is -0.120. The number of nitrogens with two attached hydrogens (primary N) is 1. The first-order valence-electron chi connectivity index (χ1n) is 5.32. The lowest BCUT2D eigenvalue weighted by atomic mass is 10.2. The van der Waals surface area contributed by atoms with Crippen molar-refractivity contribution in [1.82, 2.24) is 5.32 Å². The monoisotopic (exact) mass is 222 g/mol. The second kappa shape index (κ2) is 6.12. The van der Waals surface area contributed by atoms with Crippen LogP contribution in [-0.2, 0) is 4.79 Å². The number of amides is 1. The normalized spacial score (nSPS) is 11.9. The van der Waals surface area contributed by atoms with Crippen molar-refractivity contribution in [2.75, 3.05) is 13.1 Å². The Kier molecular flexibility index (Phi) is 4.79. The molecule has 0 radical (unpaired) electrons. The van der Waals surface area contributed by atoms with Crippen molar-refractivity contribution < 1.29 is 9.53 Å². The number of nitrogens with one attached hydrogen (secondary N) is 1. The smallest absolute Gasteiger partial charge is 0.233 e. The zero-order valence-corrected chi connectivity index (χ0v) is 9.69. The molecule has 0 spiro atoms. The van der Waals surface area contributed by atoms with Crippen LogP contribution in [0.15, 0.2) is 24.3 Å². The minimum Gasteiger partial charge on any atom is -0.489 e. The zero-order chi connectivity index (χ0) is 12.0. The van der Waals surface area contributed by atoms with Crippen molar-refractivity contribution >= 4 is 5.91 Å². The van der Waals surface area contributed by atoms with Crippen LogP contribution in [0.2, 0.25) is 0 Å². The molecule has 1 aromatic rings. The molecular weight excluding hydrogens is 204 g/mol. The Balaban J connectivity index is 2.43. The molecule has 0 bridgehead atoms. The van der Waals surface area contributed by atoms with E-state index in [-0.39, 0.29) is 18.6 Å². The van der Waals surface area contributed by atoms with Gasteiger partial charge in [0.1, 0.15) is 11.9 Å². The Hall–Kier alpha value is -1.55. The third-order valence-corrected chi connectivity index (χ3v) is 2.19. The second-order valence-corrected chi connectivity index (χ2v) is 3.70. The third kappa shape index (κ3) is 3.90. The fraction of sp³-hybridized carbons (Fsp3) is 0.417. The molecule has 0 aliphatic rings. The van der Waals surface area contributed by atoms with Crippen LogP contribution in [0, 0.1) is 6.92 Å². The Morgan fingerprint density at radius 3 is 2.81 bits per heavy atom. The van der Waals surface area contributed by atoms with Crippen molar-refractivity contribution in [3.8, 4) is 5.75 Å². The number of carbonyl (C=O) groups excluding carboxylic acids is 1. The molecule has 0 aromatic heterocycles. The van der Waals surface area contributed by atoms with Crippen molar-refractivity contribution in [2.45, 2.75) is 20.0 Å². The Morgan fingerprint density at radius 1 is 1.50 bits per heavy atom. The van der Waals surface area contributed by atoms with Crippen LogP contribution in [0.4, 0.5) is 0 Å². The number of benzene rings is 1. The molecule has 0 heterocycles. The van der Waals surface area contributed by atoms with Crippen LogP contribution in [0.5, 0.6) is 5.75 Å². The van der Waals surface area contributed by atoms with Gasteiger partial charge in [-0.1, -0.05) is 18.2 Å². The van der Waals surface area contributed by atoms with Gasteiger partial charge in [-0.15, -0.1) is 0 Å². The molecule has 0 aliphatic carbocycles. The zero-order valence-electron chi connectivity index (χ0n) is 9.69. The first-order chi connectivity index (χ1) is 7.63. The van der Waals surface area contributed by atoms with Crippen LogP contribution < -0.4 is 15.8 Å². The largest absolute Gasteiger partial charge is 0.489 e. The van der Waals surface area contributed by atoms with Crippen LogP contribution in [0.25, 0.3) is 0 Å². The number of aryl methyl sites for hydroxylation is 1. The topological polar surface area (TPSA) is 64.3 Å². The molecule has 1 aromatic carbocycles. The lowest BCUT2D eigenvalue weighted by Crippen LogP contribution is -2.37. The quantitative estimate of drug-likeness (QED) is 0.776. The molecule has 0 fully saturated rings. The molecule has 16 heavy (non-hydrogen) atoms. The maximum Gasteiger partial charge on any atom is 0.233 e. The minimum absolute atomic E-state index is 0.0110. The highest BCUT2D eigenvalue weighted by atomic mass is 16.5. The molecule has 88 valence electrons. The van der Waals surface area contributed by atoms with Gasteiger partial charge in [-0.2, -0.15) is 0 Å². The van der Waals surface area contributed by atoms with Gasteiger partial charge in [0.2, 0.25) is 5.91 Å². The van der Waals surface area contributed by atoms with Gasteiger partial charge in [-0.3, -0.25) is 4.79 Å². The van der Waals surface area contributed by atoms with Crippen molar-refractivity contribution in [3.05, 3.63) is 29.8 Å². The van der Waals surface area contributed by atoms with E-state index in [1.165, 1.54) is 0 Å². The summed E-state index contributed by atoms with van der Waals surface area (Å²) in [5.41, 5.74) is 6.26. The van der Waals surface area contributed by atoms with E-state index >= 15 is 0 Å². The molecule has 0 saturated heterocycles. The average Bonchev–Trinajstić information content (AvgIpc) is 2.29. The van der Waals surface area contributed by atoms with E-state index in [4.69, 9.17) is 10.5 Å². The van der Waals surface area contributed by atoms with E-state index in [1.807, 2.05) is 38.1 Å².